The second kappa shape index (κ2) is 13.6. The Kier molecular flexibility index (Phi) is 10.3. The van der Waals surface area contributed by atoms with Crippen molar-refractivity contribution in [3.8, 4) is 5.75 Å². The summed E-state index contributed by atoms with van der Waals surface area (Å²) in [6.45, 7) is 4.31. The number of phenols is 1. The van der Waals surface area contributed by atoms with Gasteiger partial charge < -0.3 is 26.2 Å². The molecule has 38 heavy (non-hydrogen) atoms. The summed E-state index contributed by atoms with van der Waals surface area (Å²) < 4.78 is 27.6. The first-order chi connectivity index (χ1) is 18.2. The van der Waals surface area contributed by atoms with E-state index in [-0.39, 0.29) is 42.2 Å². The zero-order chi connectivity index (χ0) is 27.7. The maximum absolute atomic E-state index is 13.8. The Labute approximate surface area is 220 Å². The first-order valence-corrected chi connectivity index (χ1v) is 12.5. The lowest BCUT2D eigenvalue weighted by atomic mass is 9.99. The van der Waals surface area contributed by atoms with Gasteiger partial charge in [0.05, 0.1) is 17.7 Å². The van der Waals surface area contributed by atoms with E-state index < -0.39 is 29.7 Å². The molecule has 7 nitrogen and oxygen atoms in total. The van der Waals surface area contributed by atoms with Crippen LogP contribution in [0.1, 0.15) is 47.3 Å². The van der Waals surface area contributed by atoms with Crippen LogP contribution in [0.25, 0.3) is 0 Å². The minimum atomic E-state index is -1.12. The predicted molar refractivity (Wildman–Crippen MR) is 142 cm³/mol. The predicted octanol–water partition coefficient (Wildman–Crippen LogP) is 4.07. The molecular weight excluding hydrogens is 492 g/mol. The molecule has 0 radical (unpaired) electrons. The van der Waals surface area contributed by atoms with Crippen LogP contribution >= 0.6 is 0 Å². The van der Waals surface area contributed by atoms with E-state index in [0.29, 0.717) is 12.2 Å². The molecule has 3 rings (SSSR count). The molecule has 0 aliphatic carbocycles. The molecule has 0 aliphatic rings. The van der Waals surface area contributed by atoms with E-state index in [4.69, 9.17) is 0 Å². The zero-order valence-corrected chi connectivity index (χ0v) is 21.4. The molecular formula is C29H33F2N3O4. The Balaban J connectivity index is 1.74. The molecule has 2 amide bonds. The quantitative estimate of drug-likeness (QED) is 0.245. The van der Waals surface area contributed by atoms with Crippen molar-refractivity contribution in [2.75, 3.05) is 11.9 Å². The first kappa shape index (κ1) is 28.7. The number of aliphatic hydroxyl groups is 1. The molecule has 0 fully saturated rings. The van der Waals surface area contributed by atoms with Gasteiger partial charge in [-0.05, 0) is 53.8 Å². The smallest absolute Gasteiger partial charge is 0.255 e. The lowest BCUT2D eigenvalue weighted by molar-refractivity contribution is -0.115. The van der Waals surface area contributed by atoms with Crippen molar-refractivity contribution in [3.05, 3.63) is 94.6 Å². The van der Waals surface area contributed by atoms with Crippen molar-refractivity contribution >= 4 is 17.5 Å². The highest BCUT2D eigenvalue weighted by molar-refractivity contribution is 5.98. The van der Waals surface area contributed by atoms with Crippen LogP contribution < -0.4 is 16.0 Å². The Morgan fingerprint density at radius 2 is 1.63 bits per heavy atom. The summed E-state index contributed by atoms with van der Waals surface area (Å²) in [6, 6.07) is 14.2. The van der Waals surface area contributed by atoms with Gasteiger partial charge >= 0.3 is 0 Å². The first-order valence-electron chi connectivity index (χ1n) is 12.5. The van der Waals surface area contributed by atoms with Crippen molar-refractivity contribution < 1.29 is 28.6 Å². The number of hydrogen-bond acceptors (Lipinski definition) is 5. The average Bonchev–Trinajstić information content (AvgIpc) is 2.87. The van der Waals surface area contributed by atoms with Gasteiger partial charge in [0, 0.05) is 37.3 Å². The molecule has 0 aromatic heterocycles. The number of benzene rings is 3. The Hall–Kier alpha value is -3.82. The van der Waals surface area contributed by atoms with Crippen LogP contribution in [0.15, 0.2) is 60.7 Å². The monoisotopic (exact) mass is 525 g/mol. The lowest BCUT2D eigenvalue weighted by Gasteiger charge is -2.25. The number of rotatable bonds is 12. The summed E-state index contributed by atoms with van der Waals surface area (Å²) >= 11 is 0. The van der Waals surface area contributed by atoms with Crippen molar-refractivity contribution in [2.45, 2.75) is 51.8 Å². The molecule has 3 aromatic rings. The molecule has 0 bridgehead atoms. The van der Waals surface area contributed by atoms with Gasteiger partial charge in [-0.1, -0.05) is 38.1 Å². The number of nitrogens with one attached hydrogen (secondary N) is 3. The third-order valence-corrected chi connectivity index (χ3v) is 6.09. The van der Waals surface area contributed by atoms with Gasteiger partial charge in [-0.25, -0.2) is 8.78 Å². The Morgan fingerprint density at radius 3 is 2.29 bits per heavy atom. The van der Waals surface area contributed by atoms with Gasteiger partial charge in [0.1, 0.15) is 17.4 Å². The Bertz CT molecular complexity index is 1250. The summed E-state index contributed by atoms with van der Waals surface area (Å²) in [5.41, 5.74) is 2.72. The van der Waals surface area contributed by atoms with E-state index in [9.17, 15) is 28.6 Å². The molecule has 0 saturated heterocycles. The summed E-state index contributed by atoms with van der Waals surface area (Å²) in [6.07, 6.45) is -0.0283. The van der Waals surface area contributed by atoms with Crippen LogP contribution in [0.3, 0.4) is 0 Å². The van der Waals surface area contributed by atoms with Crippen LogP contribution in [0.5, 0.6) is 5.75 Å². The summed E-state index contributed by atoms with van der Waals surface area (Å²) in [4.78, 5) is 24.6. The molecule has 0 spiro atoms. The van der Waals surface area contributed by atoms with Gasteiger partial charge in [0.25, 0.3) is 5.91 Å². The number of carbonyl (C=O) groups excluding carboxylic acids is 2. The van der Waals surface area contributed by atoms with E-state index in [1.807, 2.05) is 18.2 Å². The van der Waals surface area contributed by atoms with Gasteiger partial charge in [-0.15, -0.1) is 0 Å². The minimum Gasteiger partial charge on any atom is -0.507 e. The van der Waals surface area contributed by atoms with Crippen LogP contribution in [0.4, 0.5) is 14.5 Å². The topological polar surface area (TPSA) is 111 Å². The third-order valence-electron chi connectivity index (χ3n) is 6.09. The van der Waals surface area contributed by atoms with Crippen molar-refractivity contribution in [2.24, 2.45) is 0 Å². The Morgan fingerprint density at radius 1 is 0.921 bits per heavy atom. The van der Waals surface area contributed by atoms with Gasteiger partial charge in [0.2, 0.25) is 5.91 Å². The maximum Gasteiger partial charge on any atom is 0.255 e. The molecule has 9 heteroatoms. The number of aromatic hydroxyl groups is 1. The van der Waals surface area contributed by atoms with E-state index in [1.54, 1.807) is 6.92 Å². The van der Waals surface area contributed by atoms with Gasteiger partial charge in [-0.2, -0.15) is 0 Å². The number of aryl methyl sites for hydroxylation is 1. The second-order valence-electron chi connectivity index (χ2n) is 9.07. The fraction of sp³-hybridized carbons (Fsp3) is 0.310. The number of carbonyl (C=O) groups is 2. The summed E-state index contributed by atoms with van der Waals surface area (Å²) in [5.74, 6) is -2.84. The van der Waals surface area contributed by atoms with E-state index >= 15 is 0 Å². The maximum atomic E-state index is 13.8. The zero-order valence-electron chi connectivity index (χ0n) is 21.4. The van der Waals surface area contributed by atoms with Gasteiger partial charge in [0.15, 0.2) is 0 Å². The molecule has 0 saturated carbocycles. The van der Waals surface area contributed by atoms with E-state index in [2.05, 4.69) is 28.9 Å². The fourth-order valence-electron chi connectivity index (χ4n) is 4.03. The van der Waals surface area contributed by atoms with E-state index in [0.717, 1.165) is 30.2 Å². The highest BCUT2D eigenvalue weighted by Gasteiger charge is 2.24. The van der Waals surface area contributed by atoms with Crippen LogP contribution in [-0.2, 0) is 24.2 Å². The molecule has 0 heterocycles. The second-order valence-corrected chi connectivity index (χ2v) is 9.07. The van der Waals surface area contributed by atoms with Crippen LogP contribution in [0, 0.1) is 11.6 Å². The fourth-order valence-corrected chi connectivity index (χ4v) is 4.03. The normalized spacial score (nSPS) is 12.6. The number of amides is 2. The van der Waals surface area contributed by atoms with Gasteiger partial charge in [-0.3, -0.25) is 9.59 Å². The third kappa shape index (κ3) is 8.36. The molecule has 0 aliphatic heterocycles. The molecule has 2 atom stereocenters. The highest BCUT2D eigenvalue weighted by atomic mass is 19.1. The molecule has 202 valence electrons. The number of phenolic OH excluding ortho intramolecular Hbond substituents is 1. The van der Waals surface area contributed by atoms with Crippen molar-refractivity contribution in [1.82, 2.24) is 10.6 Å². The number of halogens is 2. The number of anilines is 1. The van der Waals surface area contributed by atoms with Crippen LogP contribution in [0.2, 0.25) is 0 Å². The highest BCUT2D eigenvalue weighted by Crippen LogP contribution is 2.23. The SMILES string of the molecule is CCC(=O)Nc1ccc(C(=O)N[C@@H](Cc2cc(F)cc(F)c2)[C@@H](O)CNCc2cccc(CC)c2)c(O)c1. The largest absolute Gasteiger partial charge is 0.507 e. The van der Waals surface area contributed by atoms with Crippen LogP contribution in [-0.4, -0.2) is 40.7 Å². The number of hydrogen-bond donors (Lipinski definition) is 5. The molecule has 3 aromatic carbocycles. The van der Waals surface area contributed by atoms with Crippen molar-refractivity contribution in [3.63, 3.8) is 0 Å². The average molecular weight is 526 g/mol. The summed E-state index contributed by atoms with van der Waals surface area (Å²) in [7, 11) is 0. The lowest BCUT2D eigenvalue weighted by Crippen LogP contribution is -2.48. The van der Waals surface area contributed by atoms with E-state index in [1.165, 1.54) is 23.8 Å². The molecule has 5 N–H and O–H groups in total. The summed E-state index contributed by atoms with van der Waals surface area (Å²) in [5, 5.41) is 29.8. The molecule has 0 unspecified atom stereocenters. The number of aliphatic hydroxyl groups excluding tert-OH is 1. The van der Waals surface area contributed by atoms with Crippen molar-refractivity contribution in [1.29, 1.82) is 0 Å². The minimum absolute atomic E-state index is 0.0556. The standard InChI is InChI=1S/C29H33F2N3O4/c1-3-18-6-5-7-19(10-18)16-32-17-27(36)25(13-20-11-21(30)14-22(31)12-20)34-29(38)24-9-8-23(15-26(24)35)33-28(37)4-2/h5-12,14-15,25,27,32,35-36H,3-4,13,16-17H2,1-2H3,(H,33,37)(H,34,38)/t25-,27-/m0/s1.